The van der Waals surface area contributed by atoms with E-state index in [1.165, 1.54) is 79.0 Å². The van der Waals surface area contributed by atoms with Crippen LogP contribution in [0.25, 0.3) is 49.9 Å². The van der Waals surface area contributed by atoms with Crippen LogP contribution < -0.4 is 0 Å². The summed E-state index contributed by atoms with van der Waals surface area (Å²) in [4.78, 5) is 0. The van der Waals surface area contributed by atoms with E-state index in [2.05, 4.69) is 113 Å². The zero-order valence-electron chi connectivity index (χ0n) is 29.2. The normalized spacial score (nSPS) is 14.2. The molecule has 0 bridgehead atoms. The molecule has 0 heterocycles. The van der Waals surface area contributed by atoms with E-state index in [1.807, 2.05) is 6.08 Å². The Morgan fingerprint density at radius 3 is 2.33 bits per heavy atom. The molecule has 186 valence electrons. The molecule has 0 saturated carbocycles. The van der Waals surface area contributed by atoms with Crippen LogP contribution in [0.2, 0.25) is 0 Å². The maximum absolute atomic E-state index is 5.75. The summed E-state index contributed by atoms with van der Waals surface area (Å²) in [6, 6.07) is 30.0. The molecule has 0 aliphatic heterocycles. The van der Waals surface area contributed by atoms with Crippen LogP contribution in [0.4, 0.5) is 0 Å². The highest BCUT2D eigenvalue weighted by molar-refractivity contribution is 6.13. The Morgan fingerprint density at radius 1 is 0.833 bits per heavy atom. The summed E-state index contributed by atoms with van der Waals surface area (Å²) in [6.45, 7) is 13.2. The van der Waals surface area contributed by atoms with Crippen molar-refractivity contribution in [3.8, 4) is 22.3 Å². The minimum Gasteiger partial charge on any atom is -0.0984 e. The van der Waals surface area contributed by atoms with Crippen molar-refractivity contribution in [1.29, 1.82) is 0 Å². The van der Waals surface area contributed by atoms with Crippen LogP contribution >= 0.6 is 0 Å². The zero-order valence-corrected chi connectivity index (χ0v) is 22.2. The van der Waals surface area contributed by atoms with Crippen molar-refractivity contribution in [2.24, 2.45) is 0 Å². The van der Waals surface area contributed by atoms with E-state index in [0.717, 1.165) is 12.8 Å². The van der Waals surface area contributed by atoms with Crippen molar-refractivity contribution in [3.05, 3.63) is 113 Å². The molecule has 36 heavy (non-hydrogen) atoms. The predicted octanol–water partition coefficient (Wildman–Crippen LogP) is 11.4. The van der Waals surface area contributed by atoms with E-state index >= 15 is 0 Å². The van der Waals surface area contributed by atoms with Gasteiger partial charge >= 0.3 is 0 Å². The molecule has 0 radical (unpaired) electrons. The lowest BCUT2D eigenvalue weighted by molar-refractivity contribution is 0.490. The second-order valence-corrected chi connectivity index (χ2v) is 10.2. The van der Waals surface area contributed by atoms with E-state index in [9.17, 15) is 0 Å². The molecule has 1 aliphatic rings. The lowest BCUT2D eigenvalue weighted by Gasteiger charge is -2.30. The number of rotatable bonds is 4. The smallest absolute Gasteiger partial charge is 0.0210 e. The quantitative estimate of drug-likeness (QED) is 0.224. The molecule has 1 aliphatic carbocycles. The van der Waals surface area contributed by atoms with Gasteiger partial charge in [0, 0.05) is 15.7 Å². The van der Waals surface area contributed by atoms with Crippen LogP contribution in [-0.4, -0.2) is 0 Å². The van der Waals surface area contributed by atoms with Crippen molar-refractivity contribution >= 4 is 27.6 Å². The van der Waals surface area contributed by atoms with Gasteiger partial charge in [-0.3, -0.25) is 0 Å². The minimum absolute atomic E-state index is 0.0913. The van der Waals surface area contributed by atoms with Gasteiger partial charge < -0.3 is 0 Å². The summed E-state index contributed by atoms with van der Waals surface area (Å²) >= 11 is 0. The van der Waals surface area contributed by atoms with Crippen LogP contribution in [0.3, 0.4) is 0 Å². The molecule has 0 unspecified atom stereocenters. The Kier molecular flexibility index (Phi) is 4.77. The van der Waals surface area contributed by atoms with E-state index in [0.29, 0.717) is 0 Å². The van der Waals surface area contributed by atoms with E-state index in [-0.39, 0.29) is 5.41 Å². The van der Waals surface area contributed by atoms with Gasteiger partial charge in [0.1, 0.15) is 0 Å². The minimum atomic E-state index is 0.0913. The van der Waals surface area contributed by atoms with Crippen LogP contribution in [0, 0.1) is 13.8 Å². The van der Waals surface area contributed by atoms with Crippen molar-refractivity contribution in [1.82, 2.24) is 0 Å². The molecule has 0 N–H and O–H groups in total. The first-order chi connectivity index (χ1) is 21.0. The fraction of sp³-hybridized carbons (Fsp3) is 0.222. The van der Waals surface area contributed by atoms with Crippen molar-refractivity contribution in [2.45, 2.75) is 53.4 Å². The average molecular weight is 482 g/mol. The number of aryl methyl sites for hydroxylation is 2. The summed E-state index contributed by atoms with van der Waals surface area (Å²) in [5, 5.41) is 5.22. The van der Waals surface area contributed by atoms with Gasteiger partial charge in [0.05, 0.1) is 0 Å². The highest BCUT2D eigenvalue weighted by atomic mass is 14.4. The standard InChI is InChI=1S/C35H32.CH4.3H2/c1-6-24-17-22(4)18-26-14-15-28-23(5)19-27(20-31(28)34(24)26)25-13-16-30-29-11-9-10-12-32(29)35(7-2,8-3)33(30)21-25;;;;/h6,9-21H,1,7-8H2,2-5H3;1H4;3*1H/i;1D;3*1+1D. The topological polar surface area (TPSA) is 0 Å². The fourth-order valence-electron chi connectivity index (χ4n) is 6.66. The Morgan fingerprint density at radius 2 is 1.58 bits per heavy atom. The summed E-state index contributed by atoms with van der Waals surface area (Å²) in [7, 11) is 1.25. The molecule has 0 saturated heterocycles. The van der Waals surface area contributed by atoms with Gasteiger partial charge in [-0.15, -0.1) is 0 Å². The Labute approximate surface area is 227 Å². The molecular weight excluding hydrogens is 432 g/mol. The second-order valence-electron chi connectivity index (χ2n) is 10.2. The van der Waals surface area contributed by atoms with Crippen molar-refractivity contribution < 1.29 is 10.3 Å². The van der Waals surface area contributed by atoms with Gasteiger partial charge in [0.25, 0.3) is 0 Å². The third-order valence-electron chi connectivity index (χ3n) is 8.46. The van der Waals surface area contributed by atoms with Crippen molar-refractivity contribution in [3.63, 3.8) is 0 Å². The molecular formula is C36H42. The predicted molar refractivity (Wildman–Crippen MR) is 166 cm³/mol. The van der Waals surface area contributed by atoms with E-state index < -0.39 is 0 Å². The first-order valence-electron chi connectivity index (χ1n) is 16.9. The summed E-state index contributed by atoms with van der Waals surface area (Å²) in [6.07, 6.45) is 4.22. The summed E-state index contributed by atoms with van der Waals surface area (Å²) < 4.78 is 35.8. The van der Waals surface area contributed by atoms with Crippen molar-refractivity contribution in [2.75, 3.05) is 0 Å². The van der Waals surface area contributed by atoms with E-state index in [1.54, 1.807) is 0 Å². The Hall–Kier alpha value is -3.64. The highest BCUT2D eigenvalue weighted by Gasteiger charge is 2.40. The lowest BCUT2D eigenvalue weighted by Crippen LogP contribution is -2.23. The number of fused-ring (bicyclic) bond motifs is 6. The van der Waals surface area contributed by atoms with Crippen LogP contribution in [0.15, 0.2) is 85.4 Å². The first-order valence-corrected chi connectivity index (χ1v) is 12.9. The number of benzene rings is 5. The lowest BCUT2D eigenvalue weighted by atomic mass is 9.73. The fourth-order valence-corrected chi connectivity index (χ4v) is 6.66. The maximum Gasteiger partial charge on any atom is 0.0210 e. The SMILES string of the molecule is C=Cc1cc(C)cc2ccc3c(C)cc(-c4ccc5c(c4)C(CC)(CC)c4ccccc4-5)cc3c12.[2H]C.[2H][2H].[2H][2H].[2H][2H]. The third kappa shape index (κ3) is 3.28. The van der Waals surface area contributed by atoms with E-state index in [4.69, 9.17) is 10.3 Å². The van der Waals surface area contributed by atoms with Gasteiger partial charge in [0.15, 0.2) is 0 Å². The summed E-state index contributed by atoms with van der Waals surface area (Å²) in [5.74, 6) is 0. The molecule has 5 aromatic rings. The molecule has 0 heteroatoms. The second kappa shape index (κ2) is 8.79. The molecule has 0 aromatic heterocycles. The molecule has 0 fully saturated rings. The zero-order chi connectivity index (χ0) is 32.3. The van der Waals surface area contributed by atoms with Crippen LogP contribution in [0.5, 0.6) is 0 Å². The van der Waals surface area contributed by atoms with Crippen LogP contribution in [-0.2, 0) is 5.41 Å². The Balaban J connectivity index is 0.000000748. The van der Waals surface area contributed by atoms with Gasteiger partial charge in [0.2, 0.25) is 0 Å². The van der Waals surface area contributed by atoms with Gasteiger partial charge in [-0.05, 0) is 110 Å². The highest BCUT2D eigenvalue weighted by Crippen LogP contribution is 2.53. The molecule has 0 amide bonds. The molecule has 6 rings (SSSR count). The Bertz CT molecular complexity index is 1670. The molecule has 0 nitrogen and oxygen atoms in total. The summed E-state index contributed by atoms with van der Waals surface area (Å²) in [5.41, 5.74) is 12.3. The van der Waals surface area contributed by atoms with Crippen LogP contribution in [0.1, 0.15) is 72.2 Å². The van der Waals surface area contributed by atoms with Gasteiger partial charge in [-0.25, -0.2) is 0 Å². The number of hydrogen-bond donors (Lipinski definition) is 0. The largest absolute Gasteiger partial charge is 0.0984 e. The van der Waals surface area contributed by atoms with Gasteiger partial charge in [-0.1, -0.05) is 101 Å². The average Bonchev–Trinajstić information content (AvgIpc) is 3.37. The molecule has 0 atom stereocenters. The monoisotopic (exact) mass is 481 g/mol. The van der Waals surface area contributed by atoms with Gasteiger partial charge in [-0.2, -0.15) is 0 Å². The molecule has 5 aromatic carbocycles. The molecule has 0 spiro atoms. The first kappa shape index (κ1) is 19.5. The third-order valence-corrected chi connectivity index (χ3v) is 8.46. The maximum atomic E-state index is 5.75. The number of hydrogen-bond acceptors (Lipinski definition) is 0.